The van der Waals surface area contributed by atoms with Crippen LogP contribution in [-0.4, -0.2) is 59.8 Å². The van der Waals surface area contributed by atoms with E-state index in [1.54, 1.807) is 36.5 Å². The summed E-state index contributed by atoms with van der Waals surface area (Å²) in [5, 5.41) is 39.4. The number of phenols is 1. The maximum Gasteiger partial charge on any atom is 0.261 e. The third-order valence-corrected chi connectivity index (χ3v) is 17.7. The zero-order valence-electron chi connectivity index (χ0n) is 36.5. The topological polar surface area (TPSA) is 132 Å². The molecule has 4 atom stereocenters. The lowest BCUT2D eigenvalue weighted by molar-refractivity contribution is -0.123. The van der Waals surface area contributed by atoms with E-state index in [0.717, 1.165) is 44.2 Å². The standard InChI is InChI=1S/C54H55N3O6Si/c1-54(2,3)64(44-20-9-5-10-21-44,45-22-11-6-12-23-45)63-36-39-34-46-51(53(62)57(52(46)61)42-28-26-41(27-29-42)56-40-17-7-4-8-18-40)47(35-58)50(39)49(60)30-25-38(48-24-13-14-31-55-48)32-37-16-15-19-43(59)33-37/h4-24,26-29,31-33,46-47,49,51,56,58-60H,25,30,34-36H2,1-3H3/b38-32-/t46-,47+,49-,51-/m1/s1. The average Bonchev–Trinajstić information content (AvgIpc) is 3.56. The van der Waals surface area contributed by atoms with Gasteiger partial charge in [0.1, 0.15) is 5.75 Å². The van der Waals surface area contributed by atoms with Crippen LogP contribution in [0.2, 0.25) is 5.04 Å². The molecule has 1 aliphatic heterocycles. The monoisotopic (exact) mass is 869 g/mol. The Bertz CT molecular complexity index is 2580. The molecule has 2 aliphatic rings. The molecule has 5 aromatic carbocycles. The molecular formula is C54H55N3O6Si. The van der Waals surface area contributed by atoms with Crippen molar-refractivity contribution in [1.82, 2.24) is 4.98 Å². The zero-order chi connectivity index (χ0) is 44.8. The molecule has 8 rings (SSSR count). The van der Waals surface area contributed by atoms with Crippen molar-refractivity contribution in [3.8, 4) is 5.75 Å². The molecule has 1 aliphatic carbocycles. The summed E-state index contributed by atoms with van der Waals surface area (Å²) in [5.41, 5.74) is 5.78. The second-order valence-electron chi connectivity index (χ2n) is 17.7. The molecule has 64 heavy (non-hydrogen) atoms. The van der Waals surface area contributed by atoms with E-state index in [9.17, 15) is 24.9 Å². The molecule has 4 N–H and O–H groups in total. The minimum atomic E-state index is -3.11. The lowest BCUT2D eigenvalue weighted by Crippen LogP contribution is -2.66. The van der Waals surface area contributed by atoms with Gasteiger partial charge in [0.15, 0.2) is 0 Å². The minimum Gasteiger partial charge on any atom is -0.508 e. The van der Waals surface area contributed by atoms with E-state index in [1.807, 2.05) is 109 Å². The molecule has 9 nitrogen and oxygen atoms in total. The first-order chi connectivity index (χ1) is 31.0. The number of pyridine rings is 1. The van der Waals surface area contributed by atoms with Gasteiger partial charge in [-0.05, 0) is 124 Å². The van der Waals surface area contributed by atoms with Gasteiger partial charge in [0.2, 0.25) is 11.8 Å². The van der Waals surface area contributed by atoms with Crippen molar-refractivity contribution in [2.24, 2.45) is 17.8 Å². The fourth-order valence-corrected chi connectivity index (χ4v) is 14.3. The molecule has 0 spiro atoms. The molecule has 0 bridgehead atoms. The minimum absolute atomic E-state index is 0.0902. The highest BCUT2D eigenvalue weighted by Crippen LogP contribution is 2.48. The summed E-state index contributed by atoms with van der Waals surface area (Å²) < 4.78 is 7.47. The Hall–Kier alpha value is -6.43. The van der Waals surface area contributed by atoms with Gasteiger partial charge in [-0.15, -0.1) is 0 Å². The molecule has 2 amide bonds. The molecule has 0 unspecified atom stereocenters. The first-order valence-electron chi connectivity index (χ1n) is 21.9. The van der Waals surface area contributed by atoms with Crippen molar-refractivity contribution >= 4 is 59.2 Å². The van der Waals surface area contributed by atoms with E-state index in [-0.39, 0.29) is 36.1 Å². The summed E-state index contributed by atoms with van der Waals surface area (Å²) >= 11 is 0. The molecule has 0 saturated carbocycles. The number of allylic oxidation sites excluding steroid dienone is 1. The van der Waals surface area contributed by atoms with Crippen LogP contribution in [0.25, 0.3) is 11.6 Å². The van der Waals surface area contributed by atoms with Crippen molar-refractivity contribution in [2.75, 3.05) is 23.4 Å². The van der Waals surface area contributed by atoms with Gasteiger partial charge in [-0.25, -0.2) is 0 Å². The third kappa shape index (κ3) is 9.00. The van der Waals surface area contributed by atoms with Crippen LogP contribution in [0.5, 0.6) is 5.75 Å². The van der Waals surface area contributed by atoms with Crippen LogP contribution in [0.15, 0.2) is 175 Å². The van der Waals surface area contributed by atoms with Gasteiger partial charge in [-0.2, -0.15) is 0 Å². The Morgan fingerprint density at radius 1 is 0.812 bits per heavy atom. The maximum atomic E-state index is 14.7. The number of para-hydroxylation sites is 1. The molecule has 0 radical (unpaired) electrons. The third-order valence-electron chi connectivity index (χ3n) is 12.7. The lowest BCUT2D eigenvalue weighted by Gasteiger charge is -2.44. The molecule has 6 aromatic rings. The first kappa shape index (κ1) is 44.2. The Morgan fingerprint density at radius 2 is 1.44 bits per heavy atom. The normalized spacial score (nSPS) is 18.5. The van der Waals surface area contributed by atoms with Gasteiger partial charge >= 0.3 is 0 Å². The number of carbonyl (C=O) groups excluding carboxylic acids is 2. The number of nitrogens with one attached hydrogen (secondary N) is 1. The van der Waals surface area contributed by atoms with Crippen molar-refractivity contribution in [3.05, 3.63) is 186 Å². The lowest BCUT2D eigenvalue weighted by atomic mass is 9.68. The van der Waals surface area contributed by atoms with E-state index in [2.05, 4.69) is 55.3 Å². The van der Waals surface area contributed by atoms with Gasteiger partial charge < -0.3 is 25.1 Å². The van der Waals surface area contributed by atoms with Gasteiger partial charge in [-0.1, -0.05) is 118 Å². The fourth-order valence-electron chi connectivity index (χ4n) is 9.78. The number of aliphatic hydroxyl groups is 2. The highest BCUT2D eigenvalue weighted by Gasteiger charge is 2.56. The van der Waals surface area contributed by atoms with E-state index in [0.29, 0.717) is 17.7 Å². The van der Waals surface area contributed by atoms with Gasteiger partial charge in [-0.3, -0.25) is 19.5 Å². The van der Waals surface area contributed by atoms with E-state index < -0.39 is 44.7 Å². The molecule has 10 heteroatoms. The quantitative estimate of drug-likeness (QED) is 0.0458. The number of amides is 2. The van der Waals surface area contributed by atoms with Crippen LogP contribution in [0, 0.1) is 17.8 Å². The molecule has 1 saturated heterocycles. The number of benzene rings is 5. The number of aromatic nitrogens is 1. The Balaban J connectivity index is 1.18. The number of aliphatic hydroxyl groups excluding tert-OH is 2. The second kappa shape index (κ2) is 19.1. The number of nitrogens with zero attached hydrogens (tertiary/aromatic N) is 2. The number of hydrogen-bond donors (Lipinski definition) is 4. The average molecular weight is 870 g/mol. The number of carbonyl (C=O) groups is 2. The summed E-state index contributed by atoms with van der Waals surface area (Å²) in [5.74, 6) is -3.10. The van der Waals surface area contributed by atoms with E-state index in [1.165, 1.54) is 4.90 Å². The second-order valence-corrected chi connectivity index (χ2v) is 22.0. The number of fused-ring (bicyclic) bond motifs is 1. The number of aromatic hydroxyl groups is 1. The SMILES string of the molecule is CC(C)(C)[Si](OCC1=C([C@H](O)CC/C(=C/c2cccc(O)c2)c2ccccn2)[C@H](CO)[C@@H]2C(=O)N(c3ccc(Nc4ccccc4)cc3)C(=O)[C@@H]2C1)(c1ccccc1)c1ccccc1. The first-order valence-corrected chi connectivity index (χ1v) is 23.9. The molecule has 1 fully saturated rings. The van der Waals surface area contributed by atoms with Gasteiger partial charge in [0.05, 0.1) is 42.5 Å². The van der Waals surface area contributed by atoms with Crippen LogP contribution >= 0.6 is 0 Å². The van der Waals surface area contributed by atoms with Crippen LogP contribution in [0.1, 0.15) is 51.3 Å². The smallest absolute Gasteiger partial charge is 0.261 e. The largest absolute Gasteiger partial charge is 0.508 e. The number of imide groups is 1. The Morgan fingerprint density at radius 3 is 2.03 bits per heavy atom. The van der Waals surface area contributed by atoms with Crippen LogP contribution < -0.4 is 20.6 Å². The molecular weight excluding hydrogens is 815 g/mol. The van der Waals surface area contributed by atoms with Crippen molar-refractivity contribution in [2.45, 2.75) is 51.2 Å². The van der Waals surface area contributed by atoms with E-state index >= 15 is 0 Å². The number of anilines is 3. The van der Waals surface area contributed by atoms with Crippen molar-refractivity contribution in [1.29, 1.82) is 0 Å². The predicted octanol–water partition coefficient (Wildman–Crippen LogP) is 8.90. The number of hydrogen-bond acceptors (Lipinski definition) is 8. The summed E-state index contributed by atoms with van der Waals surface area (Å²) in [4.78, 5) is 35.2. The van der Waals surface area contributed by atoms with Gasteiger partial charge in [0.25, 0.3) is 8.32 Å². The van der Waals surface area contributed by atoms with E-state index in [4.69, 9.17) is 4.43 Å². The summed E-state index contributed by atoms with van der Waals surface area (Å²) in [6.45, 7) is 6.24. The van der Waals surface area contributed by atoms with Crippen molar-refractivity contribution < 1.29 is 29.3 Å². The van der Waals surface area contributed by atoms with Crippen LogP contribution in [0.3, 0.4) is 0 Å². The van der Waals surface area contributed by atoms with Crippen molar-refractivity contribution in [3.63, 3.8) is 0 Å². The zero-order valence-corrected chi connectivity index (χ0v) is 37.5. The maximum absolute atomic E-state index is 14.7. The highest BCUT2D eigenvalue weighted by molar-refractivity contribution is 6.99. The summed E-state index contributed by atoms with van der Waals surface area (Å²) in [6.07, 6.45) is 3.37. The fraction of sp³-hybridized carbons (Fsp3) is 0.241. The summed E-state index contributed by atoms with van der Waals surface area (Å²) in [7, 11) is -3.11. The van der Waals surface area contributed by atoms with Gasteiger partial charge in [0, 0.05) is 23.5 Å². The molecule has 1 aromatic heterocycles. The number of rotatable bonds is 15. The van der Waals surface area contributed by atoms with Crippen LogP contribution in [0.4, 0.5) is 17.1 Å². The number of phenolic OH excluding ortho intramolecular Hbond substituents is 1. The highest BCUT2D eigenvalue weighted by atomic mass is 28.4. The van der Waals surface area contributed by atoms with Crippen LogP contribution in [-0.2, 0) is 14.0 Å². The predicted molar refractivity (Wildman–Crippen MR) is 257 cm³/mol. The Labute approximate surface area is 376 Å². The Kier molecular flexibility index (Phi) is 13.2. The summed E-state index contributed by atoms with van der Waals surface area (Å²) in [6, 6.07) is 50.2. The molecule has 2 heterocycles. The molecule has 326 valence electrons.